The molecule has 3 aromatic carbocycles. The van der Waals surface area contributed by atoms with E-state index >= 15 is 0 Å². The zero-order valence-corrected chi connectivity index (χ0v) is 21.8. The molecule has 1 aliphatic heterocycles. The third kappa shape index (κ3) is 6.47. The predicted octanol–water partition coefficient (Wildman–Crippen LogP) is 4.31. The Bertz CT molecular complexity index is 1350. The lowest BCUT2D eigenvalue weighted by molar-refractivity contribution is -0.145. The number of carbonyl (C=O) groups excluding carboxylic acids is 3. The van der Waals surface area contributed by atoms with Gasteiger partial charge in [0.1, 0.15) is 12.6 Å². The number of anilines is 1. The molecule has 2 amide bonds. The van der Waals surface area contributed by atoms with E-state index in [1.807, 2.05) is 36.4 Å². The van der Waals surface area contributed by atoms with Crippen molar-refractivity contribution in [2.45, 2.75) is 49.6 Å². The highest BCUT2D eigenvalue weighted by Crippen LogP contribution is 2.28. The summed E-state index contributed by atoms with van der Waals surface area (Å²) in [5, 5.41) is 0. The molecule has 0 saturated carbocycles. The van der Waals surface area contributed by atoms with Gasteiger partial charge in [-0.15, -0.1) is 0 Å². The monoisotopic (exact) mass is 534 g/mol. The lowest BCUT2D eigenvalue weighted by Crippen LogP contribution is -2.56. The van der Waals surface area contributed by atoms with Crippen molar-refractivity contribution >= 4 is 33.5 Å². The van der Waals surface area contributed by atoms with Crippen molar-refractivity contribution in [3.8, 4) is 0 Å². The highest BCUT2D eigenvalue weighted by molar-refractivity contribution is 7.89. The molecular formula is C29H30N2O6S. The van der Waals surface area contributed by atoms with E-state index < -0.39 is 33.8 Å². The Labute approximate surface area is 222 Å². The topological polar surface area (TPSA) is 101 Å². The summed E-state index contributed by atoms with van der Waals surface area (Å²) >= 11 is 0. The molecule has 198 valence electrons. The standard InChI is InChI=1S/C29H30N2O6S/c32-27(19-10-20-28(33)37-22-23-12-4-1-5-13-23)31(38(35,36)25-16-8-3-9-17-25)26-18-11-21-30(29(26)34)24-14-6-2-7-15-24/h1-9,12-17,26H,10-11,18-22H2. The van der Waals surface area contributed by atoms with Gasteiger partial charge in [0.05, 0.1) is 4.90 Å². The third-order valence-corrected chi connectivity index (χ3v) is 8.17. The molecule has 1 unspecified atom stereocenters. The van der Waals surface area contributed by atoms with Crippen LogP contribution in [0.2, 0.25) is 0 Å². The minimum atomic E-state index is -4.32. The van der Waals surface area contributed by atoms with Crippen LogP contribution in [0.4, 0.5) is 5.69 Å². The normalized spacial score (nSPS) is 15.6. The number of nitrogens with zero attached hydrogens (tertiary/aromatic N) is 2. The number of hydrogen-bond acceptors (Lipinski definition) is 6. The fraction of sp³-hybridized carbons (Fsp3) is 0.276. The lowest BCUT2D eigenvalue weighted by Gasteiger charge is -2.37. The van der Waals surface area contributed by atoms with Gasteiger partial charge in [0.15, 0.2) is 0 Å². The van der Waals surface area contributed by atoms with Gasteiger partial charge in [-0.25, -0.2) is 12.7 Å². The molecule has 1 aliphatic rings. The second-order valence-electron chi connectivity index (χ2n) is 8.99. The first-order valence-corrected chi connectivity index (χ1v) is 14.0. The molecule has 3 aromatic rings. The number of hydrogen-bond donors (Lipinski definition) is 0. The maximum Gasteiger partial charge on any atom is 0.306 e. The molecule has 0 N–H and O–H groups in total. The van der Waals surface area contributed by atoms with Crippen molar-refractivity contribution in [2.24, 2.45) is 0 Å². The van der Waals surface area contributed by atoms with Crippen molar-refractivity contribution in [3.63, 3.8) is 0 Å². The van der Waals surface area contributed by atoms with Crippen molar-refractivity contribution in [1.82, 2.24) is 4.31 Å². The second-order valence-corrected chi connectivity index (χ2v) is 10.8. The first kappa shape index (κ1) is 27.1. The van der Waals surface area contributed by atoms with Gasteiger partial charge in [-0.2, -0.15) is 0 Å². The number of piperidine rings is 1. The molecule has 1 atom stereocenters. The highest BCUT2D eigenvalue weighted by atomic mass is 32.2. The predicted molar refractivity (Wildman–Crippen MR) is 142 cm³/mol. The molecule has 38 heavy (non-hydrogen) atoms. The van der Waals surface area contributed by atoms with Crippen LogP contribution in [-0.2, 0) is 35.8 Å². The summed E-state index contributed by atoms with van der Waals surface area (Å²) in [6, 6.07) is 24.6. The molecule has 1 saturated heterocycles. The van der Waals surface area contributed by atoms with Crippen LogP contribution < -0.4 is 4.90 Å². The van der Waals surface area contributed by atoms with E-state index in [4.69, 9.17) is 4.74 Å². The minimum Gasteiger partial charge on any atom is -0.461 e. The zero-order chi connectivity index (χ0) is 27.0. The number of amides is 2. The van der Waals surface area contributed by atoms with Crippen LogP contribution in [0.3, 0.4) is 0 Å². The van der Waals surface area contributed by atoms with Gasteiger partial charge in [0, 0.05) is 25.1 Å². The van der Waals surface area contributed by atoms with E-state index in [1.165, 1.54) is 17.0 Å². The fourth-order valence-corrected chi connectivity index (χ4v) is 6.04. The van der Waals surface area contributed by atoms with Gasteiger partial charge in [-0.1, -0.05) is 66.7 Å². The quantitative estimate of drug-likeness (QED) is 0.359. The van der Waals surface area contributed by atoms with Crippen LogP contribution in [0.15, 0.2) is 95.9 Å². The Morgan fingerprint density at radius 3 is 2.13 bits per heavy atom. The summed E-state index contributed by atoms with van der Waals surface area (Å²) in [5.41, 5.74) is 1.49. The van der Waals surface area contributed by atoms with Crippen LogP contribution in [0.1, 0.15) is 37.7 Å². The summed E-state index contributed by atoms with van der Waals surface area (Å²) in [7, 11) is -4.32. The summed E-state index contributed by atoms with van der Waals surface area (Å²) in [4.78, 5) is 40.6. The largest absolute Gasteiger partial charge is 0.461 e. The molecule has 1 heterocycles. The van der Waals surface area contributed by atoms with Crippen molar-refractivity contribution in [3.05, 3.63) is 96.6 Å². The van der Waals surface area contributed by atoms with Crippen LogP contribution in [0.5, 0.6) is 0 Å². The summed E-state index contributed by atoms with van der Waals surface area (Å²) in [5.74, 6) is -1.65. The van der Waals surface area contributed by atoms with Gasteiger partial charge in [0.2, 0.25) is 5.91 Å². The number of ether oxygens (including phenoxy) is 1. The van der Waals surface area contributed by atoms with Gasteiger partial charge < -0.3 is 9.64 Å². The first-order chi connectivity index (χ1) is 18.4. The smallest absolute Gasteiger partial charge is 0.306 e. The Morgan fingerprint density at radius 1 is 0.868 bits per heavy atom. The number of rotatable bonds is 10. The van der Waals surface area contributed by atoms with E-state index in [0.29, 0.717) is 18.7 Å². The Kier molecular flexibility index (Phi) is 8.91. The molecule has 8 nitrogen and oxygen atoms in total. The Morgan fingerprint density at radius 2 is 1.47 bits per heavy atom. The molecule has 4 rings (SSSR count). The number of benzene rings is 3. The molecule has 0 aliphatic carbocycles. The Hall–Kier alpha value is -3.98. The average molecular weight is 535 g/mol. The van der Waals surface area contributed by atoms with E-state index in [-0.39, 0.29) is 37.2 Å². The first-order valence-electron chi connectivity index (χ1n) is 12.6. The highest BCUT2D eigenvalue weighted by Gasteiger charge is 2.42. The second kappa shape index (κ2) is 12.5. The van der Waals surface area contributed by atoms with Crippen LogP contribution >= 0.6 is 0 Å². The maximum absolute atomic E-state index is 13.7. The average Bonchev–Trinajstić information content (AvgIpc) is 2.94. The van der Waals surface area contributed by atoms with E-state index in [1.54, 1.807) is 42.5 Å². The molecular weight excluding hydrogens is 504 g/mol. The third-order valence-electron chi connectivity index (χ3n) is 6.32. The minimum absolute atomic E-state index is 0.0491. The molecule has 0 aromatic heterocycles. The lowest BCUT2D eigenvalue weighted by atomic mass is 10.0. The van der Waals surface area contributed by atoms with E-state index in [0.717, 1.165) is 9.87 Å². The van der Waals surface area contributed by atoms with Gasteiger partial charge in [0.25, 0.3) is 15.9 Å². The number of sulfonamides is 1. The number of esters is 1. The number of carbonyl (C=O) groups is 3. The number of para-hydroxylation sites is 1. The molecule has 0 radical (unpaired) electrons. The zero-order valence-electron chi connectivity index (χ0n) is 20.9. The fourth-order valence-electron chi connectivity index (χ4n) is 4.42. The molecule has 9 heteroatoms. The molecule has 1 fully saturated rings. The van der Waals surface area contributed by atoms with Crippen molar-refractivity contribution in [2.75, 3.05) is 11.4 Å². The van der Waals surface area contributed by atoms with E-state index in [9.17, 15) is 22.8 Å². The van der Waals surface area contributed by atoms with Gasteiger partial charge >= 0.3 is 5.97 Å². The SMILES string of the molecule is O=C(CCCC(=O)N(C1CCCN(c2ccccc2)C1=O)S(=O)(=O)c1ccccc1)OCc1ccccc1. The maximum atomic E-state index is 13.7. The van der Waals surface area contributed by atoms with E-state index in [2.05, 4.69) is 0 Å². The Balaban J connectivity index is 1.49. The summed E-state index contributed by atoms with van der Waals surface area (Å²) in [6.07, 6.45) is 0.578. The summed E-state index contributed by atoms with van der Waals surface area (Å²) in [6.45, 7) is 0.550. The molecule has 0 bridgehead atoms. The van der Waals surface area contributed by atoms with Gasteiger partial charge in [-0.05, 0) is 49.1 Å². The van der Waals surface area contributed by atoms with Crippen LogP contribution in [0.25, 0.3) is 0 Å². The molecule has 0 spiro atoms. The van der Waals surface area contributed by atoms with Crippen LogP contribution in [0, 0.1) is 0 Å². The van der Waals surface area contributed by atoms with Crippen LogP contribution in [-0.4, -0.2) is 43.1 Å². The van der Waals surface area contributed by atoms with Crippen molar-refractivity contribution in [1.29, 1.82) is 0 Å². The van der Waals surface area contributed by atoms with Crippen molar-refractivity contribution < 1.29 is 27.5 Å². The summed E-state index contributed by atoms with van der Waals surface area (Å²) < 4.78 is 33.3. The van der Waals surface area contributed by atoms with Gasteiger partial charge in [-0.3, -0.25) is 14.4 Å².